The van der Waals surface area contributed by atoms with Crippen molar-refractivity contribution in [3.05, 3.63) is 48.4 Å². The Hall–Kier alpha value is -3.00. The van der Waals surface area contributed by atoms with Gasteiger partial charge in [-0.1, -0.05) is 12.1 Å². The Balaban J connectivity index is 1.70. The second-order valence-corrected chi connectivity index (χ2v) is 7.84. The number of rotatable bonds is 9. The number of methoxy groups -OCH3 is 1. The fourth-order valence-electron chi connectivity index (χ4n) is 3.55. The largest absolute Gasteiger partial charge is 0.495 e. The molecule has 2 heterocycles. The fraction of sp³-hybridized carbons (Fsp3) is 0.478. The average Bonchev–Trinajstić information content (AvgIpc) is 3.45. The average molecular weight is 430 g/mol. The summed E-state index contributed by atoms with van der Waals surface area (Å²) in [6.07, 6.45) is 3.51. The zero-order valence-corrected chi connectivity index (χ0v) is 18.4. The summed E-state index contributed by atoms with van der Waals surface area (Å²) in [5.74, 6) is 1.10. The lowest BCUT2D eigenvalue weighted by atomic mass is 10.2. The molecule has 0 radical (unpaired) electrons. The highest BCUT2D eigenvalue weighted by Gasteiger charge is 2.27. The second-order valence-electron chi connectivity index (χ2n) is 7.84. The Labute approximate surface area is 183 Å². The lowest BCUT2D eigenvalue weighted by Crippen LogP contribution is -2.48. The SMILES string of the molecule is COc1ccccc1NC(=O)N(CC(=O)N(Cc1ccco1)CC1CCCO1)C(C)C. The molecule has 3 amide bonds. The molecule has 1 aliphatic heterocycles. The summed E-state index contributed by atoms with van der Waals surface area (Å²) in [6.45, 7) is 5.24. The predicted octanol–water partition coefficient (Wildman–Crippen LogP) is 3.74. The monoisotopic (exact) mass is 429 g/mol. The quantitative estimate of drug-likeness (QED) is 0.656. The molecular formula is C23H31N3O5. The first kappa shape index (κ1) is 22.7. The molecule has 1 unspecified atom stereocenters. The van der Waals surface area contributed by atoms with Crippen molar-refractivity contribution in [2.24, 2.45) is 0 Å². The molecule has 1 fully saturated rings. The van der Waals surface area contributed by atoms with Crippen LogP contribution < -0.4 is 10.1 Å². The van der Waals surface area contributed by atoms with E-state index < -0.39 is 0 Å². The van der Waals surface area contributed by atoms with Crippen molar-refractivity contribution in [1.29, 1.82) is 0 Å². The van der Waals surface area contributed by atoms with Crippen LogP contribution in [0.2, 0.25) is 0 Å². The number of benzene rings is 1. The van der Waals surface area contributed by atoms with Crippen LogP contribution >= 0.6 is 0 Å². The molecule has 1 atom stereocenters. The van der Waals surface area contributed by atoms with E-state index in [9.17, 15) is 9.59 Å². The lowest BCUT2D eigenvalue weighted by Gasteiger charge is -2.31. The summed E-state index contributed by atoms with van der Waals surface area (Å²) in [7, 11) is 1.55. The first-order valence-corrected chi connectivity index (χ1v) is 10.6. The van der Waals surface area contributed by atoms with E-state index in [1.54, 1.807) is 36.5 Å². The fourth-order valence-corrected chi connectivity index (χ4v) is 3.55. The van der Waals surface area contributed by atoms with E-state index in [-0.39, 0.29) is 30.6 Å². The van der Waals surface area contributed by atoms with E-state index in [0.717, 1.165) is 12.8 Å². The zero-order valence-electron chi connectivity index (χ0n) is 18.4. The molecule has 2 aromatic rings. The van der Waals surface area contributed by atoms with Gasteiger partial charge in [-0.05, 0) is 51.0 Å². The molecule has 31 heavy (non-hydrogen) atoms. The number of hydrogen-bond donors (Lipinski definition) is 1. The van der Waals surface area contributed by atoms with Crippen LogP contribution in [0.1, 0.15) is 32.4 Å². The van der Waals surface area contributed by atoms with E-state index in [2.05, 4.69) is 5.32 Å². The highest BCUT2D eigenvalue weighted by atomic mass is 16.5. The van der Waals surface area contributed by atoms with Gasteiger partial charge in [0.15, 0.2) is 0 Å². The Morgan fingerprint density at radius 2 is 2.03 bits per heavy atom. The van der Waals surface area contributed by atoms with E-state index in [1.807, 2.05) is 32.0 Å². The molecule has 8 nitrogen and oxygen atoms in total. The minimum Gasteiger partial charge on any atom is -0.495 e. The first-order valence-electron chi connectivity index (χ1n) is 10.6. The smallest absolute Gasteiger partial charge is 0.322 e. The Morgan fingerprint density at radius 1 is 1.23 bits per heavy atom. The zero-order chi connectivity index (χ0) is 22.2. The summed E-state index contributed by atoms with van der Waals surface area (Å²) in [5.41, 5.74) is 0.555. The minimum absolute atomic E-state index is 0.00817. The molecule has 1 aromatic heterocycles. The standard InChI is InChI=1S/C23H31N3O5/c1-17(2)26(23(28)24-20-10-4-5-11-21(20)29-3)16-22(27)25(14-18-8-6-12-30-18)15-19-9-7-13-31-19/h4-6,8,10-12,17,19H,7,9,13-16H2,1-3H3,(H,24,28). The van der Waals surface area contributed by atoms with Crippen LogP contribution in [-0.4, -0.2) is 60.7 Å². The van der Waals surface area contributed by atoms with Crippen LogP contribution in [0.15, 0.2) is 47.1 Å². The summed E-state index contributed by atoms with van der Waals surface area (Å²) in [5, 5.41) is 2.85. The van der Waals surface area contributed by atoms with Crippen LogP contribution in [0, 0.1) is 0 Å². The Morgan fingerprint density at radius 3 is 2.68 bits per heavy atom. The molecule has 1 N–H and O–H groups in total. The van der Waals surface area contributed by atoms with E-state index in [1.165, 1.54) is 4.90 Å². The number of hydrogen-bond acceptors (Lipinski definition) is 5. The maximum atomic E-state index is 13.2. The molecule has 1 aliphatic rings. The lowest BCUT2D eigenvalue weighted by molar-refractivity contribution is -0.134. The number of urea groups is 1. The maximum absolute atomic E-state index is 13.2. The van der Waals surface area contributed by atoms with Crippen molar-refractivity contribution in [1.82, 2.24) is 9.80 Å². The van der Waals surface area contributed by atoms with Crippen LogP contribution in [0.4, 0.5) is 10.5 Å². The summed E-state index contributed by atoms with van der Waals surface area (Å²) >= 11 is 0. The van der Waals surface area contributed by atoms with Gasteiger partial charge in [0.1, 0.15) is 18.1 Å². The highest BCUT2D eigenvalue weighted by Crippen LogP contribution is 2.24. The van der Waals surface area contributed by atoms with Crippen molar-refractivity contribution in [2.45, 2.75) is 45.4 Å². The molecule has 0 spiro atoms. The van der Waals surface area contributed by atoms with Crippen LogP contribution in [0.5, 0.6) is 5.75 Å². The number of anilines is 1. The molecule has 168 valence electrons. The molecule has 3 rings (SSSR count). The van der Waals surface area contributed by atoms with Gasteiger partial charge in [-0.25, -0.2) is 4.79 Å². The van der Waals surface area contributed by atoms with E-state index in [4.69, 9.17) is 13.9 Å². The van der Waals surface area contributed by atoms with Crippen molar-refractivity contribution in [2.75, 3.05) is 32.1 Å². The van der Waals surface area contributed by atoms with Crippen molar-refractivity contribution in [3.63, 3.8) is 0 Å². The van der Waals surface area contributed by atoms with Crippen molar-refractivity contribution < 1.29 is 23.5 Å². The summed E-state index contributed by atoms with van der Waals surface area (Å²) < 4.78 is 16.5. The van der Waals surface area contributed by atoms with Crippen molar-refractivity contribution >= 4 is 17.6 Å². The van der Waals surface area contributed by atoms with E-state index >= 15 is 0 Å². The molecule has 0 bridgehead atoms. The van der Waals surface area contributed by atoms with Crippen molar-refractivity contribution in [3.8, 4) is 5.75 Å². The van der Waals surface area contributed by atoms with Gasteiger partial charge in [0.2, 0.25) is 5.91 Å². The number of ether oxygens (including phenoxy) is 2. The minimum atomic E-state index is -0.358. The molecular weight excluding hydrogens is 398 g/mol. The second kappa shape index (κ2) is 10.9. The normalized spacial score (nSPS) is 15.7. The van der Waals surface area contributed by atoms with Crippen LogP contribution in [0.25, 0.3) is 0 Å². The number of nitrogens with zero attached hydrogens (tertiary/aromatic N) is 2. The Bertz CT molecular complexity index is 847. The van der Waals surface area contributed by atoms with Gasteiger partial charge in [-0.3, -0.25) is 4.79 Å². The Kier molecular flexibility index (Phi) is 7.94. The van der Waals surface area contributed by atoms with Gasteiger partial charge in [-0.2, -0.15) is 0 Å². The number of para-hydroxylation sites is 2. The van der Waals surface area contributed by atoms with E-state index in [0.29, 0.717) is 36.9 Å². The van der Waals surface area contributed by atoms with Gasteiger partial charge < -0.3 is 29.0 Å². The molecule has 0 aliphatic carbocycles. The third kappa shape index (κ3) is 6.24. The third-order valence-electron chi connectivity index (χ3n) is 5.27. The van der Waals surface area contributed by atoms with Gasteiger partial charge in [0, 0.05) is 19.2 Å². The molecule has 1 aromatic carbocycles. The number of amides is 3. The van der Waals surface area contributed by atoms with Gasteiger partial charge in [-0.15, -0.1) is 0 Å². The summed E-state index contributed by atoms with van der Waals surface area (Å²) in [4.78, 5) is 29.4. The molecule has 1 saturated heterocycles. The van der Waals surface area contributed by atoms with Gasteiger partial charge in [0.25, 0.3) is 0 Å². The predicted molar refractivity (Wildman–Crippen MR) is 117 cm³/mol. The number of carbonyl (C=O) groups excluding carboxylic acids is 2. The van der Waals surface area contributed by atoms with Gasteiger partial charge in [0.05, 0.1) is 31.7 Å². The third-order valence-corrected chi connectivity index (χ3v) is 5.27. The number of furan rings is 1. The first-order chi connectivity index (χ1) is 15.0. The number of carbonyl (C=O) groups is 2. The molecule has 8 heteroatoms. The highest BCUT2D eigenvalue weighted by molar-refractivity contribution is 5.93. The molecule has 0 saturated carbocycles. The maximum Gasteiger partial charge on any atom is 0.322 e. The van der Waals surface area contributed by atoms with Crippen LogP contribution in [-0.2, 0) is 16.1 Å². The number of nitrogens with one attached hydrogen (secondary N) is 1. The summed E-state index contributed by atoms with van der Waals surface area (Å²) in [6, 6.07) is 10.3. The van der Waals surface area contributed by atoms with Crippen LogP contribution in [0.3, 0.4) is 0 Å². The topological polar surface area (TPSA) is 84.3 Å². The van der Waals surface area contributed by atoms with Gasteiger partial charge >= 0.3 is 6.03 Å².